The molecule has 0 aliphatic heterocycles. The quantitative estimate of drug-likeness (QED) is 0.772. The van der Waals surface area contributed by atoms with Gasteiger partial charge in [0.05, 0.1) is 0 Å². The highest BCUT2D eigenvalue weighted by molar-refractivity contribution is 5.83. The zero-order valence-electron chi connectivity index (χ0n) is 15.9. The average molecular weight is 344 g/mol. The van der Waals surface area contributed by atoms with Gasteiger partial charge in [0, 0.05) is 18.8 Å². The van der Waals surface area contributed by atoms with Gasteiger partial charge in [-0.05, 0) is 66.6 Å². The highest BCUT2D eigenvalue weighted by Gasteiger charge is 2.60. The Morgan fingerprint density at radius 1 is 1.32 bits per heavy atom. The van der Waals surface area contributed by atoms with Crippen molar-refractivity contribution in [1.29, 1.82) is 0 Å². The first-order valence-corrected chi connectivity index (χ1v) is 10.2. The first-order valence-electron chi connectivity index (χ1n) is 10.2. The number of Topliss-reactive ketones (excluding diaryl/α,β-unsaturated/α-hetero) is 2. The van der Waals surface area contributed by atoms with Crippen LogP contribution in [0.2, 0.25) is 0 Å². The van der Waals surface area contributed by atoms with Crippen LogP contribution in [-0.4, -0.2) is 23.3 Å². The molecule has 138 valence electrons. The zero-order valence-corrected chi connectivity index (χ0v) is 15.9. The molecule has 0 spiro atoms. The predicted molar refractivity (Wildman–Crippen MR) is 96.8 cm³/mol. The Bertz CT molecular complexity index is 635. The molecule has 0 amide bonds. The summed E-state index contributed by atoms with van der Waals surface area (Å²) in [5.41, 5.74) is 1.81. The van der Waals surface area contributed by atoms with Crippen molar-refractivity contribution in [3.05, 3.63) is 11.6 Å². The molecule has 7 atom stereocenters. The Labute approximate surface area is 151 Å². The largest absolute Gasteiger partial charge is 0.389 e. The third kappa shape index (κ3) is 2.34. The summed E-state index contributed by atoms with van der Waals surface area (Å²) in [4.78, 5) is 24.4. The van der Waals surface area contributed by atoms with E-state index in [1.54, 1.807) is 5.57 Å². The van der Waals surface area contributed by atoms with Crippen molar-refractivity contribution < 1.29 is 14.7 Å². The topological polar surface area (TPSA) is 54.4 Å². The number of hydrogen-bond acceptors (Lipinski definition) is 3. The van der Waals surface area contributed by atoms with Crippen LogP contribution in [0.4, 0.5) is 0 Å². The molecule has 3 saturated carbocycles. The maximum atomic E-state index is 12.5. The molecular formula is C22H32O3. The molecule has 0 aromatic heterocycles. The predicted octanol–water partition coefficient (Wildman–Crippen LogP) is 3.94. The summed E-state index contributed by atoms with van der Waals surface area (Å²) < 4.78 is 0. The summed E-state index contributed by atoms with van der Waals surface area (Å²) in [6.07, 6.45) is 9.37. The van der Waals surface area contributed by atoms with Crippen LogP contribution < -0.4 is 0 Å². The molecule has 1 N–H and O–H groups in total. The molecule has 0 radical (unpaired) electrons. The normalized spacial score (nSPS) is 49.0. The second kappa shape index (κ2) is 5.77. The van der Waals surface area contributed by atoms with Gasteiger partial charge in [0.1, 0.15) is 12.4 Å². The van der Waals surface area contributed by atoms with Gasteiger partial charge >= 0.3 is 0 Å². The maximum Gasteiger partial charge on any atom is 0.162 e. The van der Waals surface area contributed by atoms with Gasteiger partial charge in [0.2, 0.25) is 0 Å². The minimum atomic E-state index is -0.319. The number of ketones is 2. The van der Waals surface area contributed by atoms with Crippen LogP contribution in [0.1, 0.15) is 65.7 Å². The van der Waals surface area contributed by atoms with Gasteiger partial charge in [-0.1, -0.05) is 32.4 Å². The van der Waals surface area contributed by atoms with Crippen molar-refractivity contribution in [3.8, 4) is 0 Å². The van der Waals surface area contributed by atoms with Crippen LogP contribution in [0.15, 0.2) is 11.6 Å². The summed E-state index contributed by atoms with van der Waals surface area (Å²) >= 11 is 0. The number of fused-ring (bicyclic) bond motifs is 5. The van der Waals surface area contributed by atoms with Crippen molar-refractivity contribution in [2.24, 2.45) is 40.4 Å². The van der Waals surface area contributed by atoms with E-state index in [2.05, 4.69) is 26.8 Å². The second-order valence-corrected chi connectivity index (χ2v) is 9.83. The average Bonchev–Trinajstić information content (AvgIpc) is 2.85. The van der Waals surface area contributed by atoms with E-state index in [9.17, 15) is 14.7 Å². The van der Waals surface area contributed by atoms with E-state index >= 15 is 0 Å². The Balaban J connectivity index is 1.70. The highest BCUT2D eigenvalue weighted by Crippen LogP contribution is 2.66. The fourth-order valence-electron chi connectivity index (χ4n) is 7.47. The van der Waals surface area contributed by atoms with Crippen LogP contribution in [0, 0.1) is 40.4 Å². The van der Waals surface area contributed by atoms with Crippen LogP contribution in [-0.2, 0) is 9.59 Å². The standard InChI is InChI=1S/C22H32O3/c1-13-10-18-16-5-4-14-11-15(24)6-8-21(14,2)17(16)7-9-22(18,3)20(13)19(25)12-23/h7,13-14,16,18,20,23H,4-6,8-12H2,1-3H3/t13-,14?,16-,18+,20-,21+,22+/m1/s1. The molecule has 4 aliphatic carbocycles. The lowest BCUT2D eigenvalue weighted by Gasteiger charge is -2.55. The number of carbonyl (C=O) groups is 2. The number of aliphatic hydroxyl groups is 1. The van der Waals surface area contributed by atoms with E-state index < -0.39 is 0 Å². The Hall–Kier alpha value is -0.960. The number of aliphatic hydroxyl groups excluding tert-OH is 1. The lowest BCUT2D eigenvalue weighted by Crippen LogP contribution is -2.48. The Morgan fingerprint density at radius 3 is 2.80 bits per heavy atom. The summed E-state index contributed by atoms with van der Waals surface area (Å²) in [5, 5.41) is 9.47. The second-order valence-electron chi connectivity index (χ2n) is 9.83. The molecule has 4 aliphatic rings. The summed E-state index contributed by atoms with van der Waals surface area (Å²) in [7, 11) is 0. The summed E-state index contributed by atoms with van der Waals surface area (Å²) in [5.74, 6) is 2.50. The maximum absolute atomic E-state index is 12.5. The van der Waals surface area contributed by atoms with E-state index in [1.165, 1.54) is 6.42 Å². The SMILES string of the molecule is C[C@@H]1C[C@H]2[C@@H]3CCC4CC(=O)CC[C@]4(C)C3=CC[C@]2(C)[C@H]1C(=O)CO. The van der Waals surface area contributed by atoms with Gasteiger partial charge < -0.3 is 5.11 Å². The summed E-state index contributed by atoms with van der Waals surface area (Å²) in [6, 6.07) is 0. The van der Waals surface area contributed by atoms with Crippen molar-refractivity contribution in [1.82, 2.24) is 0 Å². The smallest absolute Gasteiger partial charge is 0.162 e. The molecule has 0 saturated heterocycles. The lowest BCUT2D eigenvalue weighted by molar-refractivity contribution is -0.131. The zero-order chi connectivity index (χ0) is 18.0. The third-order valence-electron chi connectivity index (χ3n) is 8.69. The molecule has 3 fully saturated rings. The van der Waals surface area contributed by atoms with Gasteiger partial charge in [-0.15, -0.1) is 0 Å². The number of rotatable bonds is 2. The van der Waals surface area contributed by atoms with Crippen molar-refractivity contribution in [2.75, 3.05) is 6.61 Å². The minimum absolute atomic E-state index is 0.00107. The fourth-order valence-corrected chi connectivity index (χ4v) is 7.47. The van der Waals surface area contributed by atoms with Crippen LogP contribution >= 0.6 is 0 Å². The van der Waals surface area contributed by atoms with E-state index in [0.717, 1.165) is 38.5 Å². The van der Waals surface area contributed by atoms with E-state index in [-0.39, 0.29) is 29.1 Å². The molecule has 1 unspecified atom stereocenters. The van der Waals surface area contributed by atoms with E-state index in [4.69, 9.17) is 0 Å². The lowest BCUT2D eigenvalue weighted by atomic mass is 9.48. The molecular weight excluding hydrogens is 312 g/mol. The molecule has 25 heavy (non-hydrogen) atoms. The molecule has 0 heterocycles. The van der Waals surface area contributed by atoms with Crippen molar-refractivity contribution >= 4 is 11.6 Å². The minimum Gasteiger partial charge on any atom is -0.389 e. The first kappa shape index (κ1) is 17.5. The van der Waals surface area contributed by atoms with Crippen LogP contribution in [0.3, 0.4) is 0 Å². The number of hydrogen-bond donors (Lipinski definition) is 1. The third-order valence-corrected chi connectivity index (χ3v) is 8.69. The fraction of sp³-hybridized carbons (Fsp3) is 0.818. The number of allylic oxidation sites excluding steroid dienone is 2. The molecule has 0 aromatic rings. The van der Waals surface area contributed by atoms with Crippen molar-refractivity contribution in [3.63, 3.8) is 0 Å². The first-order chi connectivity index (χ1) is 11.8. The monoisotopic (exact) mass is 344 g/mol. The van der Waals surface area contributed by atoms with Crippen LogP contribution in [0.5, 0.6) is 0 Å². The summed E-state index contributed by atoms with van der Waals surface area (Å²) in [6.45, 7) is 6.58. The Morgan fingerprint density at radius 2 is 2.08 bits per heavy atom. The van der Waals surface area contributed by atoms with Gasteiger partial charge in [0.25, 0.3) is 0 Å². The van der Waals surface area contributed by atoms with Gasteiger partial charge in [-0.25, -0.2) is 0 Å². The van der Waals surface area contributed by atoms with Crippen molar-refractivity contribution in [2.45, 2.75) is 65.7 Å². The highest BCUT2D eigenvalue weighted by atomic mass is 16.3. The molecule has 0 bridgehead atoms. The van der Waals surface area contributed by atoms with Gasteiger partial charge in [-0.2, -0.15) is 0 Å². The van der Waals surface area contributed by atoms with Crippen LogP contribution in [0.25, 0.3) is 0 Å². The molecule has 0 aromatic carbocycles. The molecule has 3 nitrogen and oxygen atoms in total. The van der Waals surface area contributed by atoms with Gasteiger partial charge in [-0.3, -0.25) is 9.59 Å². The molecule has 4 rings (SSSR count). The molecule has 3 heteroatoms. The van der Waals surface area contributed by atoms with E-state index in [0.29, 0.717) is 29.5 Å². The van der Waals surface area contributed by atoms with E-state index in [1.807, 2.05) is 0 Å². The Kier molecular flexibility index (Phi) is 4.03. The number of carbonyl (C=O) groups excluding carboxylic acids is 2. The van der Waals surface area contributed by atoms with Gasteiger partial charge in [0.15, 0.2) is 5.78 Å².